The quantitative estimate of drug-likeness (QED) is 0.595. The topological polar surface area (TPSA) is 51.2 Å². The van der Waals surface area contributed by atoms with Crippen molar-refractivity contribution in [3.63, 3.8) is 0 Å². The van der Waals surface area contributed by atoms with Crippen molar-refractivity contribution in [1.29, 1.82) is 0 Å². The largest absolute Gasteiger partial charge is 0.299 e. The zero-order chi connectivity index (χ0) is 13.9. The number of halogens is 1. The van der Waals surface area contributed by atoms with Gasteiger partial charge in [0, 0.05) is 5.56 Å². The minimum atomic E-state index is -1.22. The van der Waals surface area contributed by atoms with Gasteiger partial charge in [-0.05, 0) is 51.0 Å². The fraction of sp³-hybridized carbons (Fsp3) is 0.357. The molecule has 0 saturated carbocycles. The maximum Gasteiger partial charge on any atom is 0.150 e. The summed E-state index contributed by atoms with van der Waals surface area (Å²) in [6.45, 7) is 4.15. The van der Waals surface area contributed by atoms with E-state index in [2.05, 4.69) is 0 Å². The van der Waals surface area contributed by atoms with Crippen molar-refractivity contribution in [2.75, 3.05) is 0 Å². The lowest BCUT2D eigenvalue weighted by Gasteiger charge is -2.24. The van der Waals surface area contributed by atoms with E-state index in [-0.39, 0.29) is 18.0 Å². The summed E-state index contributed by atoms with van der Waals surface area (Å²) in [6.07, 6.45) is 0.624. The highest BCUT2D eigenvalue weighted by atomic mass is 19.1. The van der Waals surface area contributed by atoms with E-state index in [9.17, 15) is 18.8 Å². The first-order valence-electron chi connectivity index (χ1n) is 5.57. The highest BCUT2D eigenvalue weighted by molar-refractivity contribution is 6.05. The van der Waals surface area contributed by atoms with E-state index in [0.29, 0.717) is 17.4 Å². The molecule has 1 aromatic rings. The Kier molecular flexibility index (Phi) is 4.11. The predicted molar refractivity (Wildman–Crippen MR) is 65.0 cm³/mol. The predicted octanol–water partition coefficient (Wildman–Crippen LogP) is 2.37. The number of ketones is 2. The Hall–Kier alpha value is -1.84. The number of rotatable bonds is 5. The van der Waals surface area contributed by atoms with E-state index in [4.69, 9.17) is 0 Å². The highest BCUT2D eigenvalue weighted by Gasteiger charge is 2.35. The molecule has 0 radical (unpaired) electrons. The molecule has 0 aromatic heterocycles. The minimum Gasteiger partial charge on any atom is -0.299 e. The van der Waals surface area contributed by atoms with Crippen molar-refractivity contribution in [3.8, 4) is 0 Å². The van der Waals surface area contributed by atoms with Gasteiger partial charge in [-0.2, -0.15) is 0 Å². The Morgan fingerprint density at radius 1 is 1.28 bits per heavy atom. The van der Waals surface area contributed by atoms with Crippen LogP contribution in [0.2, 0.25) is 0 Å². The molecule has 0 spiro atoms. The number of carbonyl (C=O) groups excluding carboxylic acids is 3. The Bertz CT molecular complexity index is 492. The summed E-state index contributed by atoms with van der Waals surface area (Å²) in [4.78, 5) is 34.1. The summed E-state index contributed by atoms with van der Waals surface area (Å²) in [5, 5.41) is 0. The summed E-state index contributed by atoms with van der Waals surface area (Å²) in [6, 6.07) is 3.71. The third-order valence-corrected chi connectivity index (χ3v) is 3.33. The summed E-state index contributed by atoms with van der Waals surface area (Å²) in [7, 11) is 0. The second-order valence-corrected chi connectivity index (χ2v) is 4.58. The molecule has 0 N–H and O–H groups in total. The van der Waals surface area contributed by atoms with Crippen LogP contribution < -0.4 is 0 Å². The van der Waals surface area contributed by atoms with Crippen molar-refractivity contribution in [2.24, 2.45) is 5.41 Å². The number of carbonyl (C=O) groups is 3. The van der Waals surface area contributed by atoms with E-state index in [1.807, 2.05) is 0 Å². The molecular weight excluding hydrogens is 235 g/mol. The maximum absolute atomic E-state index is 13.2. The molecule has 0 amide bonds. The van der Waals surface area contributed by atoms with Gasteiger partial charge < -0.3 is 0 Å². The van der Waals surface area contributed by atoms with Crippen LogP contribution in [-0.4, -0.2) is 17.9 Å². The molecule has 0 aliphatic rings. The SMILES string of the molecule is CC(=O)C(C)(Cc1cc(F)ccc1C=O)C(C)=O. The molecular formula is C14H15FO3. The van der Waals surface area contributed by atoms with E-state index < -0.39 is 11.2 Å². The van der Waals surface area contributed by atoms with Gasteiger partial charge in [0.25, 0.3) is 0 Å². The van der Waals surface area contributed by atoms with E-state index >= 15 is 0 Å². The molecule has 0 heterocycles. The lowest BCUT2D eigenvalue weighted by molar-refractivity contribution is -0.137. The fourth-order valence-electron chi connectivity index (χ4n) is 1.72. The zero-order valence-electron chi connectivity index (χ0n) is 10.6. The summed E-state index contributed by atoms with van der Waals surface area (Å²) in [5.74, 6) is -1.09. The van der Waals surface area contributed by atoms with Crippen LogP contribution in [0.1, 0.15) is 36.7 Å². The van der Waals surface area contributed by atoms with Gasteiger partial charge in [0.15, 0.2) is 0 Å². The highest BCUT2D eigenvalue weighted by Crippen LogP contribution is 2.27. The van der Waals surface area contributed by atoms with Crippen LogP contribution in [0.4, 0.5) is 4.39 Å². The molecule has 96 valence electrons. The summed E-state index contributed by atoms with van der Waals surface area (Å²) in [5.41, 5.74) is -0.547. The smallest absolute Gasteiger partial charge is 0.150 e. The lowest BCUT2D eigenvalue weighted by atomic mass is 9.76. The van der Waals surface area contributed by atoms with Gasteiger partial charge in [0.2, 0.25) is 0 Å². The second-order valence-electron chi connectivity index (χ2n) is 4.58. The van der Waals surface area contributed by atoms with Crippen LogP contribution in [0.15, 0.2) is 18.2 Å². The van der Waals surface area contributed by atoms with Crippen molar-refractivity contribution in [2.45, 2.75) is 27.2 Å². The monoisotopic (exact) mass is 250 g/mol. The van der Waals surface area contributed by atoms with Crippen LogP contribution in [0.25, 0.3) is 0 Å². The molecule has 0 saturated heterocycles. The van der Waals surface area contributed by atoms with Gasteiger partial charge in [-0.15, -0.1) is 0 Å². The molecule has 1 aromatic carbocycles. The van der Waals surface area contributed by atoms with Gasteiger partial charge >= 0.3 is 0 Å². The molecule has 0 aliphatic heterocycles. The average Bonchev–Trinajstić information content (AvgIpc) is 2.28. The molecule has 18 heavy (non-hydrogen) atoms. The molecule has 0 atom stereocenters. The normalized spacial score (nSPS) is 11.1. The first-order chi connectivity index (χ1) is 8.31. The van der Waals surface area contributed by atoms with Crippen LogP contribution in [0, 0.1) is 11.2 Å². The fourth-order valence-corrected chi connectivity index (χ4v) is 1.72. The van der Waals surface area contributed by atoms with E-state index in [1.165, 1.54) is 39.0 Å². The summed E-state index contributed by atoms with van der Waals surface area (Å²) >= 11 is 0. The molecule has 0 unspecified atom stereocenters. The maximum atomic E-state index is 13.2. The van der Waals surface area contributed by atoms with Crippen molar-refractivity contribution >= 4 is 17.9 Å². The standard InChI is InChI=1S/C14H15FO3/c1-9(17)14(3,10(2)18)7-12-6-13(15)5-4-11(12)8-16/h4-6,8H,7H2,1-3H3. The van der Waals surface area contributed by atoms with Crippen LogP contribution in [0.5, 0.6) is 0 Å². The molecule has 3 nitrogen and oxygen atoms in total. The van der Waals surface area contributed by atoms with Crippen LogP contribution in [0.3, 0.4) is 0 Å². The van der Waals surface area contributed by atoms with Crippen LogP contribution >= 0.6 is 0 Å². The third kappa shape index (κ3) is 2.70. The van der Waals surface area contributed by atoms with Crippen molar-refractivity contribution in [1.82, 2.24) is 0 Å². The Morgan fingerprint density at radius 2 is 1.83 bits per heavy atom. The van der Waals surface area contributed by atoms with E-state index in [0.717, 1.165) is 0 Å². The Morgan fingerprint density at radius 3 is 2.28 bits per heavy atom. The molecule has 4 heteroatoms. The Labute approximate surface area is 105 Å². The zero-order valence-corrected chi connectivity index (χ0v) is 10.6. The molecule has 0 bridgehead atoms. The molecule has 0 fully saturated rings. The van der Waals surface area contributed by atoms with Crippen molar-refractivity contribution < 1.29 is 18.8 Å². The lowest BCUT2D eigenvalue weighted by Crippen LogP contribution is -2.35. The molecule has 0 aliphatic carbocycles. The number of hydrogen-bond donors (Lipinski definition) is 0. The average molecular weight is 250 g/mol. The second kappa shape index (κ2) is 5.21. The number of benzene rings is 1. The van der Waals surface area contributed by atoms with Gasteiger partial charge in [-0.3, -0.25) is 14.4 Å². The minimum absolute atomic E-state index is 0.0312. The van der Waals surface area contributed by atoms with E-state index in [1.54, 1.807) is 0 Å². The first-order valence-corrected chi connectivity index (χ1v) is 5.57. The Balaban J connectivity index is 3.24. The first kappa shape index (κ1) is 14.2. The van der Waals surface area contributed by atoms with Crippen molar-refractivity contribution in [3.05, 3.63) is 35.1 Å². The number of aldehydes is 1. The van der Waals surface area contributed by atoms with Gasteiger partial charge in [-0.25, -0.2) is 4.39 Å². The van der Waals surface area contributed by atoms with Gasteiger partial charge in [-0.1, -0.05) is 0 Å². The molecule has 1 rings (SSSR count). The summed E-state index contributed by atoms with van der Waals surface area (Å²) < 4.78 is 13.2. The third-order valence-electron chi connectivity index (χ3n) is 3.33. The number of Topliss-reactive ketones (excluding diaryl/α,β-unsaturated/α-hetero) is 2. The number of hydrogen-bond acceptors (Lipinski definition) is 3. The van der Waals surface area contributed by atoms with Gasteiger partial charge in [0.05, 0.1) is 5.41 Å². The van der Waals surface area contributed by atoms with Gasteiger partial charge in [0.1, 0.15) is 23.7 Å². The van der Waals surface area contributed by atoms with Crippen LogP contribution in [-0.2, 0) is 16.0 Å².